The van der Waals surface area contributed by atoms with Crippen molar-refractivity contribution in [3.63, 3.8) is 0 Å². The second kappa shape index (κ2) is 7.31. The molecule has 110 valence electrons. The minimum Gasteiger partial charge on any atom is -0.381 e. The molecule has 0 bridgehead atoms. The fourth-order valence-electron chi connectivity index (χ4n) is 1.90. The van der Waals surface area contributed by atoms with E-state index in [1.165, 1.54) is 25.0 Å². The van der Waals surface area contributed by atoms with Gasteiger partial charge < -0.3 is 10.1 Å². The van der Waals surface area contributed by atoms with Crippen LogP contribution in [0.5, 0.6) is 0 Å². The van der Waals surface area contributed by atoms with Gasteiger partial charge in [0.2, 0.25) is 5.82 Å². The lowest BCUT2D eigenvalue weighted by atomic mass is 10.2. The molecule has 1 aliphatic carbocycles. The molecule has 0 aromatic heterocycles. The third-order valence-corrected chi connectivity index (χ3v) is 3.26. The predicted molar refractivity (Wildman–Crippen MR) is 72.9 cm³/mol. The summed E-state index contributed by atoms with van der Waals surface area (Å²) < 4.78 is 19.2. The van der Waals surface area contributed by atoms with E-state index in [4.69, 9.17) is 4.74 Å². The standard InChI is InChI=1S/C14H19FN2O3/c15-14-12(3-1-4-13(14)17(18)19)9-16-7-2-8-20-10-11-5-6-11/h1,3-4,11,16H,2,5-10H2. The van der Waals surface area contributed by atoms with Crippen molar-refractivity contribution in [2.75, 3.05) is 19.8 Å². The van der Waals surface area contributed by atoms with Gasteiger partial charge in [0.25, 0.3) is 0 Å². The fourth-order valence-corrected chi connectivity index (χ4v) is 1.90. The monoisotopic (exact) mass is 282 g/mol. The number of rotatable bonds is 9. The number of nitrogens with zero attached hydrogens (tertiary/aromatic N) is 1. The first kappa shape index (κ1) is 14.9. The summed E-state index contributed by atoms with van der Waals surface area (Å²) in [6.07, 6.45) is 3.41. The largest absolute Gasteiger partial charge is 0.381 e. The third kappa shape index (κ3) is 4.54. The second-order valence-corrected chi connectivity index (χ2v) is 5.06. The molecule has 1 aliphatic rings. The van der Waals surface area contributed by atoms with E-state index in [2.05, 4.69) is 5.32 Å². The lowest BCUT2D eigenvalue weighted by Crippen LogP contribution is -2.17. The molecule has 1 aromatic carbocycles. The van der Waals surface area contributed by atoms with Gasteiger partial charge in [0.1, 0.15) is 0 Å². The van der Waals surface area contributed by atoms with Gasteiger partial charge in [-0.25, -0.2) is 0 Å². The zero-order valence-electron chi connectivity index (χ0n) is 11.3. The number of hydrogen-bond acceptors (Lipinski definition) is 4. The van der Waals surface area contributed by atoms with Crippen LogP contribution in [0, 0.1) is 21.8 Å². The molecule has 0 aliphatic heterocycles. The molecule has 1 fully saturated rings. The predicted octanol–water partition coefficient (Wildman–Crippen LogP) is 2.64. The Hall–Kier alpha value is -1.53. The van der Waals surface area contributed by atoms with Crippen molar-refractivity contribution >= 4 is 5.69 Å². The lowest BCUT2D eigenvalue weighted by Gasteiger charge is -2.07. The Labute approximate surface area is 117 Å². The zero-order chi connectivity index (χ0) is 14.4. The van der Waals surface area contributed by atoms with Gasteiger partial charge in [0.15, 0.2) is 0 Å². The number of benzene rings is 1. The van der Waals surface area contributed by atoms with Crippen LogP contribution in [0.15, 0.2) is 18.2 Å². The minimum atomic E-state index is -0.755. The highest BCUT2D eigenvalue weighted by atomic mass is 19.1. The Morgan fingerprint density at radius 3 is 2.95 bits per heavy atom. The van der Waals surface area contributed by atoms with E-state index >= 15 is 0 Å². The van der Waals surface area contributed by atoms with E-state index in [0.717, 1.165) is 18.9 Å². The molecule has 0 unspecified atom stereocenters. The summed E-state index contributed by atoms with van der Waals surface area (Å²) in [6, 6.07) is 4.22. The zero-order valence-corrected chi connectivity index (χ0v) is 11.3. The molecule has 0 spiro atoms. The fraction of sp³-hybridized carbons (Fsp3) is 0.571. The van der Waals surface area contributed by atoms with E-state index in [0.29, 0.717) is 18.7 Å². The number of halogens is 1. The number of ether oxygens (including phenoxy) is 1. The maximum Gasteiger partial charge on any atom is 0.305 e. The Balaban J connectivity index is 1.65. The third-order valence-electron chi connectivity index (χ3n) is 3.26. The molecule has 6 heteroatoms. The molecule has 1 N–H and O–H groups in total. The maximum absolute atomic E-state index is 13.7. The highest BCUT2D eigenvalue weighted by Gasteiger charge is 2.20. The molecule has 1 saturated carbocycles. The summed E-state index contributed by atoms with van der Waals surface area (Å²) in [7, 11) is 0. The number of nitro groups is 1. The van der Waals surface area contributed by atoms with Gasteiger partial charge in [-0.1, -0.05) is 12.1 Å². The van der Waals surface area contributed by atoms with Gasteiger partial charge in [0, 0.05) is 31.4 Å². The van der Waals surface area contributed by atoms with Crippen molar-refractivity contribution in [1.82, 2.24) is 5.32 Å². The van der Waals surface area contributed by atoms with Gasteiger partial charge in [-0.15, -0.1) is 0 Å². The highest BCUT2D eigenvalue weighted by molar-refractivity contribution is 5.36. The molecule has 2 rings (SSSR count). The minimum absolute atomic E-state index is 0.288. The van der Waals surface area contributed by atoms with Crippen molar-refractivity contribution in [3.05, 3.63) is 39.7 Å². The topological polar surface area (TPSA) is 64.4 Å². The average molecular weight is 282 g/mol. The Morgan fingerprint density at radius 2 is 2.25 bits per heavy atom. The van der Waals surface area contributed by atoms with Crippen LogP contribution in [0.3, 0.4) is 0 Å². The van der Waals surface area contributed by atoms with Crippen molar-refractivity contribution in [1.29, 1.82) is 0 Å². The average Bonchev–Trinajstić information content (AvgIpc) is 3.23. The van der Waals surface area contributed by atoms with Gasteiger partial charge in [0.05, 0.1) is 4.92 Å². The molecule has 0 heterocycles. The number of nitrogens with one attached hydrogen (secondary N) is 1. The summed E-state index contributed by atoms with van der Waals surface area (Å²) in [5, 5.41) is 13.7. The van der Waals surface area contributed by atoms with E-state index < -0.39 is 16.4 Å². The van der Waals surface area contributed by atoms with E-state index in [9.17, 15) is 14.5 Å². The molecule has 5 nitrogen and oxygen atoms in total. The van der Waals surface area contributed by atoms with Crippen LogP contribution < -0.4 is 5.32 Å². The first-order valence-electron chi connectivity index (χ1n) is 6.88. The SMILES string of the molecule is O=[N+]([O-])c1cccc(CNCCCOCC2CC2)c1F. The highest BCUT2D eigenvalue weighted by Crippen LogP contribution is 2.28. The quantitative estimate of drug-likeness (QED) is 0.429. The number of nitro benzene ring substituents is 1. The van der Waals surface area contributed by atoms with Crippen LogP contribution >= 0.6 is 0 Å². The molecule has 0 amide bonds. The molecular weight excluding hydrogens is 263 g/mol. The first-order chi connectivity index (χ1) is 9.68. The van der Waals surface area contributed by atoms with Crippen LogP contribution in [0.4, 0.5) is 10.1 Å². The van der Waals surface area contributed by atoms with Crippen molar-refractivity contribution in [2.45, 2.75) is 25.8 Å². The second-order valence-electron chi connectivity index (χ2n) is 5.06. The van der Waals surface area contributed by atoms with E-state index in [1.54, 1.807) is 6.07 Å². The lowest BCUT2D eigenvalue weighted by molar-refractivity contribution is -0.387. The van der Waals surface area contributed by atoms with Gasteiger partial charge in [-0.05, 0) is 31.7 Å². The summed E-state index contributed by atoms with van der Waals surface area (Å²) in [5.41, 5.74) is -0.157. The van der Waals surface area contributed by atoms with Gasteiger partial charge in [-0.3, -0.25) is 10.1 Å². The van der Waals surface area contributed by atoms with E-state index in [1.807, 2.05) is 0 Å². The summed E-state index contributed by atoms with van der Waals surface area (Å²) >= 11 is 0. The summed E-state index contributed by atoms with van der Waals surface area (Å²) in [5.74, 6) is 0.0110. The molecule has 1 aromatic rings. The van der Waals surface area contributed by atoms with Crippen LogP contribution in [0.2, 0.25) is 0 Å². The molecular formula is C14H19FN2O3. The van der Waals surface area contributed by atoms with Crippen LogP contribution in [-0.4, -0.2) is 24.7 Å². The normalized spacial score (nSPS) is 14.4. The molecule has 0 saturated heterocycles. The molecule has 20 heavy (non-hydrogen) atoms. The van der Waals surface area contributed by atoms with Gasteiger partial charge >= 0.3 is 5.69 Å². The van der Waals surface area contributed by atoms with Crippen molar-refractivity contribution in [2.24, 2.45) is 5.92 Å². The van der Waals surface area contributed by atoms with Crippen LogP contribution in [-0.2, 0) is 11.3 Å². The summed E-state index contributed by atoms with van der Waals surface area (Å²) in [4.78, 5) is 9.91. The van der Waals surface area contributed by atoms with Crippen LogP contribution in [0.1, 0.15) is 24.8 Å². The number of hydrogen-bond donors (Lipinski definition) is 1. The smallest absolute Gasteiger partial charge is 0.305 e. The van der Waals surface area contributed by atoms with Crippen LogP contribution in [0.25, 0.3) is 0 Å². The van der Waals surface area contributed by atoms with Gasteiger partial charge in [-0.2, -0.15) is 4.39 Å². The van der Waals surface area contributed by atoms with E-state index in [-0.39, 0.29) is 6.54 Å². The Kier molecular flexibility index (Phi) is 5.43. The first-order valence-corrected chi connectivity index (χ1v) is 6.88. The van der Waals surface area contributed by atoms with Crippen molar-refractivity contribution in [3.8, 4) is 0 Å². The molecule has 0 radical (unpaired) electrons. The Morgan fingerprint density at radius 1 is 1.45 bits per heavy atom. The van der Waals surface area contributed by atoms with Crippen molar-refractivity contribution < 1.29 is 14.1 Å². The maximum atomic E-state index is 13.7. The molecule has 0 atom stereocenters. The summed E-state index contributed by atoms with van der Waals surface area (Å²) in [6.45, 7) is 2.53. The Bertz CT molecular complexity index is 464.